The molecule has 0 aromatic heterocycles. The number of nitrogens with zero attached hydrogens (tertiary/aromatic N) is 1. The Morgan fingerprint density at radius 2 is 2.00 bits per heavy atom. The van der Waals surface area contributed by atoms with Crippen LogP contribution in [-0.4, -0.2) is 69.4 Å². The van der Waals surface area contributed by atoms with Gasteiger partial charge in [0.15, 0.2) is 0 Å². The highest BCUT2D eigenvalue weighted by Crippen LogP contribution is 2.38. The molecule has 2 aliphatic rings. The first kappa shape index (κ1) is 29.8. The van der Waals surface area contributed by atoms with E-state index < -0.39 is 5.92 Å². The lowest BCUT2D eigenvalue weighted by Gasteiger charge is -2.38. The van der Waals surface area contributed by atoms with Crippen molar-refractivity contribution in [3.05, 3.63) is 35.4 Å². The monoisotopic (exact) mass is 523 g/mol. The van der Waals surface area contributed by atoms with Crippen molar-refractivity contribution in [2.24, 2.45) is 11.8 Å². The summed E-state index contributed by atoms with van der Waals surface area (Å²) in [6, 6.07) is 8.32. The molecule has 1 aromatic rings. The predicted octanol–water partition coefficient (Wildman–Crippen LogP) is 5.70. The minimum Gasteiger partial charge on any atom is -0.382 e. The second-order valence-corrected chi connectivity index (χ2v) is 10.8. The van der Waals surface area contributed by atoms with Crippen LogP contribution in [0.25, 0.3) is 0 Å². The van der Waals surface area contributed by atoms with Gasteiger partial charge in [0, 0.05) is 64.3 Å². The Kier molecular flexibility index (Phi) is 12.1. The van der Waals surface area contributed by atoms with Crippen LogP contribution in [0.3, 0.4) is 0 Å². The molecular weight excluding hydrogens is 476 g/mol. The number of piperidine rings is 1. The zero-order valence-electron chi connectivity index (χ0n) is 22.9. The molecule has 1 aromatic carbocycles. The highest BCUT2D eigenvalue weighted by Gasteiger charge is 2.36. The van der Waals surface area contributed by atoms with E-state index in [-0.39, 0.29) is 42.9 Å². The van der Waals surface area contributed by atoms with Gasteiger partial charge in [0.2, 0.25) is 5.92 Å². The molecule has 0 spiro atoms. The van der Waals surface area contributed by atoms with Crippen molar-refractivity contribution < 1.29 is 23.0 Å². The number of carbonyl (C=O) groups excluding carboxylic acids is 1. The number of ether oxygens (including phenoxy) is 2. The summed E-state index contributed by atoms with van der Waals surface area (Å²) in [7, 11) is 1.86. The first-order valence-corrected chi connectivity index (χ1v) is 14.1. The molecular formula is C29H47F2N3O3. The van der Waals surface area contributed by atoms with Crippen molar-refractivity contribution in [2.45, 2.75) is 83.3 Å². The van der Waals surface area contributed by atoms with Crippen molar-refractivity contribution in [1.29, 1.82) is 0 Å². The molecule has 37 heavy (non-hydrogen) atoms. The maximum Gasteiger partial charge on any atom is 0.317 e. The highest BCUT2D eigenvalue weighted by molar-refractivity contribution is 5.74. The number of rotatable bonds is 13. The molecule has 3 atom stereocenters. The number of nitrogens with one attached hydrogen (secondary N) is 2. The van der Waals surface area contributed by atoms with Gasteiger partial charge in [-0.25, -0.2) is 13.6 Å². The minimum atomic E-state index is -2.53. The van der Waals surface area contributed by atoms with E-state index in [9.17, 15) is 13.6 Å². The van der Waals surface area contributed by atoms with Gasteiger partial charge in [-0.05, 0) is 70.9 Å². The number of likely N-dealkylation sites (tertiary alicyclic amines) is 1. The number of urea groups is 1. The van der Waals surface area contributed by atoms with Gasteiger partial charge in [0.1, 0.15) is 0 Å². The van der Waals surface area contributed by atoms with Crippen LogP contribution < -0.4 is 10.6 Å². The van der Waals surface area contributed by atoms with Gasteiger partial charge >= 0.3 is 6.03 Å². The molecule has 2 N–H and O–H groups in total. The Bertz CT molecular complexity index is 815. The first-order valence-electron chi connectivity index (χ1n) is 14.1. The summed E-state index contributed by atoms with van der Waals surface area (Å²) in [6.45, 7) is 8.07. The van der Waals surface area contributed by atoms with Crippen molar-refractivity contribution in [2.75, 3.05) is 46.5 Å². The van der Waals surface area contributed by atoms with E-state index in [1.54, 1.807) is 0 Å². The van der Waals surface area contributed by atoms with E-state index in [2.05, 4.69) is 41.8 Å². The fraction of sp³-hybridized carbons (Fsp3) is 0.759. The van der Waals surface area contributed by atoms with Crippen molar-refractivity contribution in [3.8, 4) is 0 Å². The molecule has 1 aliphatic heterocycles. The average molecular weight is 524 g/mol. The van der Waals surface area contributed by atoms with Crippen LogP contribution in [0, 0.1) is 18.8 Å². The third-order valence-electron chi connectivity index (χ3n) is 7.71. The number of carbonyl (C=O) groups is 1. The minimum absolute atomic E-state index is 0.0450. The molecule has 0 radical (unpaired) electrons. The fourth-order valence-electron chi connectivity index (χ4n) is 5.75. The molecule has 2 fully saturated rings. The van der Waals surface area contributed by atoms with Gasteiger partial charge in [0.05, 0.1) is 6.10 Å². The van der Waals surface area contributed by atoms with Crippen molar-refractivity contribution >= 4 is 6.03 Å². The zero-order valence-corrected chi connectivity index (χ0v) is 22.9. The number of halogens is 2. The molecule has 3 rings (SSSR count). The number of amides is 2. The second-order valence-electron chi connectivity index (χ2n) is 10.8. The van der Waals surface area contributed by atoms with E-state index in [1.165, 1.54) is 5.56 Å². The summed E-state index contributed by atoms with van der Waals surface area (Å²) in [5.74, 6) is -2.10. The smallest absolute Gasteiger partial charge is 0.317 e. The fourth-order valence-corrected chi connectivity index (χ4v) is 5.75. The van der Waals surface area contributed by atoms with E-state index in [4.69, 9.17) is 9.47 Å². The molecule has 1 aliphatic carbocycles. The summed E-state index contributed by atoms with van der Waals surface area (Å²) in [4.78, 5) is 15.2. The second kappa shape index (κ2) is 15.0. The van der Waals surface area contributed by atoms with Gasteiger partial charge in [-0.15, -0.1) is 0 Å². The lowest BCUT2D eigenvalue weighted by Crippen LogP contribution is -2.52. The average Bonchev–Trinajstić information content (AvgIpc) is 2.87. The standard InChI is InChI=1S/C29H47F2N3O3/c1-4-36-16-7-17-37-27(24-9-5-8-22(2)18-24)25-10-6-15-34(21-25)28(35)33-26(20-32-3)19-23-11-13-29(30,31)14-12-23/h5,8-9,18,23,25-27,32H,4,6-7,10-17,19-21H2,1-3H3,(H,33,35). The van der Waals surface area contributed by atoms with Crippen LogP contribution in [0.5, 0.6) is 0 Å². The summed E-state index contributed by atoms with van der Waals surface area (Å²) < 4.78 is 39.1. The number of hydrogen-bond donors (Lipinski definition) is 2. The van der Waals surface area contributed by atoms with Crippen LogP contribution in [0.1, 0.15) is 75.5 Å². The van der Waals surface area contributed by atoms with Crippen LogP contribution in [0.4, 0.5) is 13.6 Å². The maximum absolute atomic E-state index is 13.6. The highest BCUT2D eigenvalue weighted by atomic mass is 19.3. The number of aryl methyl sites for hydroxylation is 1. The first-order chi connectivity index (χ1) is 17.8. The molecule has 1 saturated carbocycles. The van der Waals surface area contributed by atoms with Crippen molar-refractivity contribution in [3.63, 3.8) is 0 Å². The maximum atomic E-state index is 13.6. The van der Waals surface area contributed by atoms with Gasteiger partial charge in [-0.2, -0.15) is 0 Å². The molecule has 8 heteroatoms. The number of alkyl halides is 2. The third kappa shape index (κ3) is 9.80. The lowest BCUT2D eigenvalue weighted by atomic mass is 9.83. The molecule has 6 nitrogen and oxygen atoms in total. The summed E-state index contributed by atoms with van der Waals surface area (Å²) in [6.07, 6.45) is 4.38. The molecule has 1 heterocycles. The Morgan fingerprint density at radius 1 is 1.22 bits per heavy atom. The van der Waals surface area contributed by atoms with Crippen LogP contribution in [-0.2, 0) is 9.47 Å². The molecule has 2 amide bonds. The van der Waals surface area contributed by atoms with Gasteiger partial charge in [0.25, 0.3) is 0 Å². The Hall–Kier alpha value is -1.77. The Morgan fingerprint density at radius 3 is 2.70 bits per heavy atom. The lowest BCUT2D eigenvalue weighted by molar-refractivity contribution is -0.0473. The number of benzene rings is 1. The van der Waals surface area contributed by atoms with Crippen molar-refractivity contribution in [1.82, 2.24) is 15.5 Å². The Labute approximate surface area is 221 Å². The molecule has 0 bridgehead atoms. The third-order valence-corrected chi connectivity index (χ3v) is 7.71. The molecule has 210 valence electrons. The number of likely N-dealkylation sites (N-methyl/N-ethyl adjacent to an activating group) is 1. The quantitative estimate of drug-likeness (QED) is 0.326. The van der Waals surface area contributed by atoms with Gasteiger partial charge < -0.3 is 25.0 Å². The summed E-state index contributed by atoms with van der Waals surface area (Å²) in [5.41, 5.74) is 2.35. The van der Waals surface area contributed by atoms with Crippen LogP contribution in [0.15, 0.2) is 24.3 Å². The van der Waals surface area contributed by atoms with E-state index >= 15 is 0 Å². The zero-order chi connectivity index (χ0) is 26.7. The number of hydrogen-bond acceptors (Lipinski definition) is 4. The summed E-state index contributed by atoms with van der Waals surface area (Å²) >= 11 is 0. The largest absolute Gasteiger partial charge is 0.382 e. The Balaban J connectivity index is 1.60. The topological polar surface area (TPSA) is 62.8 Å². The predicted molar refractivity (Wildman–Crippen MR) is 143 cm³/mol. The SMILES string of the molecule is CCOCCCOC(c1cccc(C)c1)C1CCCN(C(=O)NC(CNC)CC2CCC(F)(F)CC2)C1. The molecule has 1 saturated heterocycles. The molecule has 3 unspecified atom stereocenters. The van der Waals surface area contributed by atoms with Gasteiger partial charge in [-0.3, -0.25) is 0 Å². The van der Waals surface area contributed by atoms with Crippen LogP contribution in [0.2, 0.25) is 0 Å². The van der Waals surface area contributed by atoms with E-state index in [0.29, 0.717) is 45.8 Å². The van der Waals surface area contributed by atoms with E-state index in [1.807, 2.05) is 18.9 Å². The van der Waals surface area contributed by atoms with E-state index in [0.717, 1.165) is 37.8 Å². The van der Waals surface area contributed by atoms with Crippen LogP contribution >= 0.6 is 0 Å². The summed E-state index contributed by atoms with van der Waals surface area (Å²) in [5, 5.41) is 6.37. The van der Waals surface area contributed by atoms with Gasteiger partial charge in [-0.1, -0.05) is 29.8 Å². The normalized spacial score (nSPS) is 22.0.